The number of nitrogens with one attached hydrogen (secondary N) is 1. The van der Waals surface area contributed by atoms with Crippen molar-refractivity contribution in [2.24, 2.45) is 0 Å². The highest BCUT2D eigenvalue weighted by Crippen LogP contribution is 2.28. The zero-order chi connectivity index (χ0) is 18.9. The van der Waals surface area contributed by atoms with Gasteiger partial charge in [0.2, 0.25) is 15.9 Å². The third-order valence-corrected chi connectivity index (χ3v) is 6.60. The number of anilines is 1. The van der Waals surface area contributed by atoms with E-state index < -0.39 is 15.9 Å². The lowest BCUT2D eigenvalue weighted by atomic mass is 10.2. The minimum Gasteiger partial charge on any atom is -0.405 e. The van der Waals surface area contributed by atoms with E-state index in [0.29, 0.717) is 31.2 Å². The molecule has 0 bridgehead atoms. The Bertz CT molecular complexity index is 913. The zero-order valence-electron chi connectivity index (χ0n) is 14.6. The molecule has 0 aliphatic carbocycles. The van der Waals surface area contributed by atoms with Crippen molar-refractivity contribution in [1.29, 1.82) is 0 Å². The van der Waals surface area contributed by atoms with Crippen LogP contribution in [0.25, 0.3) is 0 Å². The maximum absolute atomic E-state index is 12.5. The van der Waals surface area contributed by atoms with Crippen LogP contribution in [0.2, 0.25) is 0 Å². The fourth-order valence-electron chi connectivity index (χ4n) is 3.21. The van der Waals surface area contributed by atoms with E-state index in [1.165, 1.54) is 28.6 Å². The van der Waals surface area contributed by atoms with Crippen molar-refractivity contribution < 1.29 is 22.4 Å². The van der Waals surface area contributed by atoms with Crippen molar-refractivity contribution in [3.63, 3.8) is 0 Å². The summed E-state index contributed by atoms with van der Waals surface area (Å²) in [7, 11) is -3.50. The van der Waals surface area contributed by atoms with Crippen LogP contribution in [0.15, 0.2) is 33.6 Å². The molecular weight excluding hydrogens is 372 g/mol. The van der Waals surface area contributed by atoms with E-state index in [0.717, 1.165) is 25.7 Å². The lowest BCUT2D eigenvalue weighted by Crippen LogP contribution is -2.27. The second-order valence-corrected chi connectivity index (χ2v) is 8.47. The molecule has 0 radical (unpaired) electrons. The first-order valence-corrected chi connectivity index (χ1v) is 10.3. The summed E-state index contributed by atoms with van der Waals surface area (Å²) >= 11 is 0. The molecule has 1 atom stereocenters. The van der Waals surface area contributed by atoms with Crippen molar-refractivity contribution in [3.8, 4) is 0 Å². The molecule has 0 spiro atoms. The Morgan fingerprint density at radius 1 is 1.11 bits per heavy atom. The number of amides is 1. The van der Waals surface area contributed by atoms with Crippen molar-refractivity contribution in [2.75, 3.05) is 25.0 Å². The van der Waals surface area contributed by atoms with Gasteiger partial charge >= 0.3 is 6.01 Å². The van der Waals surface area contributed by atoms with Crippen LogP contribution in [-0.2, 0) is 14.8 Å². The van der Waals surface area contributed by atoms with Crippen molar-refractivity contribution in [1.82, 2.24) is 14.5 Å². The predicted octanol–water partition coefficient (Wildman–Crippen LogP) is 1.96. The molecule has 9 nitrogen and oxygen atoms in total. The van der Waals surface area contributed by atoms with Gasteiger partial charge in [-0.1, -0.05) is 5.10 Å². The lowest BCUT2D eigenvalue weighted by molar-refractivity contribution is 0.0893. The molecule has 1 N–H and O–H groups in total. The van der Waals surface area contributed by atoms with Gasteiger partial charge in [0.25, 0.3) is 5.91 Å². The number of aromatic nitrogens is 2. The maximum Gasteiger partial charge on any atom is 0.322 e. The van der Waals surface area contributed by atoms with Gasteiger partial charge in [-0.25, -0.2) is 8.42 Å². The first-order valence-electron chi connectivity index (χ1n) is 8.90. The van der Waals surface area contributed by atoms with Gasteiger partial charge < -0.3 is 9.15 Å². The lowest BCUT2D eigenvalue weighted by Gasteiger charge is -2.15. The van der Waals surface area contributed by atoms with E-state index >= 15 is 0 Å². The Morgan fingerprint density at radius 2 is 1.85 bits per heavy atom. The third-order valence-electron chi connectivity index (χ3n) is 4.69. The number of benzene rings is 1. The fraction of sp³-hybridized carbons (Fsp3) is 0.471. The second kappa shape index (κ2) is 7.37. The quantitative estimate of drug-likeness (QED) is 0.827. The first-order chi connectivity index (χ1) is 13.0. The summed E-state index contributed by atoms with van der Waals surface area (Å²) in [6.07, 6.45) is 3.26. The smallest absolute Gasteiger partial charge is 0.322 e. The molecule has 3 heterocycles. The Labute approximate surface area is 156 Å². The molecule has 144 valence electrons. The van der Waals surface area contributed by atoms with Gasteiger partial charge in [-0.3, -0.25) is 10.1 Å². The highest BCUT2D eigenvalue weighted by atomic mass is 32.2. The summed E-state index contributed by atoms with van der Waals surface area (Å²) in [5.41, 5.74) is 0.298. The molecule has 10 heteroatoms. The fourth-order valence-corrected chi connectivity index (χ4v) is 4.73. The monoisotopic (exact) mass is 392 g/mol. The van der Waals surface area contributed by atoms with Crippen molar-refractivity contribution in [2.45, 2.75) is 36.7 Å². The van der Waals surface area contributed by atoms with Crippen LogP contribution in [-0.4, -0.2) is 48.5 Å². The van der Waals surface area contributed by atoms with Gasteiger partial charge in [0, 0.05) is 25.3 Å². The topological polar surface area (TPSA) is 115 Å². The maximum atomic E-state index is 12.5. The third kappa shape index (κ3) is 3.73. The summed E-state index contributed by atoms with van der Waals surface area (Å²) in [6.45, 7) is 1.73. The minimum absolute atomic E-state index is 0.0146. The summed E-state index contributed by atoms with van der Waals surface area (Å²) in [4.78, 5) is 12.5. The van der Waals surface area contributed by atoms with Crippen LogP contribution in [0.1, 0.15) is 48.0 Å². The van der Waals surface area contributed by atoms with Crippen molar-refractivity contribution >= 4 is 21.9 Å². The van der Waals surface area contributed by atoms with Crippen LogP contribution in [0, 0.1) is 0 Å². The molecule has 2 aliphatic heterocycles. The molecule has 2 fully saturated rings. The highest BCUT2D eigenvalue weighted by Gasteiger charge is 2.27. The van der Waals surface area contributed by atoms with Gasteiger partial charge in [-0.15, -0.1) is 5.10 Å². The SMILES string of the molecule is O=C(Nc1nnc([C@H]2CCCO2)o1)c1ccc(S(=O)(=O)N2CCCC2)cc1. The van der Waals surface area contributed by atoms with Crippen LogP contribution in [0.5, 0.6) is 0 Å². The number of rotatable bonds is 5. The number of carbonyl (C=O) groups is 1. The van der Waals surface area contributed by atoms with Gasteiger partial charge in [0.1, 0.15) is 6.10 Å². The van der Waals surface area contributed by atoms with E-state index in [1.807, 2.05) is 0 Å². The number of hydrogen-bond donors (Lipinski definition) is 1. The van der Waals surface area contributed by atoms with E-state index in [2.05, 4.69) is 15.5 Å². The average Bonchev–Trinajstić information content (AvgIpc) is 3.42. The Morgan fingerprint density at radius 3 is 2.52 bits per heavy atom. The van der Waals surface area contributed by atoms with Crippen molar-refractivity contribution in [3.05, 3.63) is 35.7 Å². The number of sulfonamides is 1. The van der Waals surface area contributed by atoms with Crippen LogP contribution < -0.4 is 5.32 Å². The molecule has 0 saturated carbocycles. The molecule has 1 aromatic carbocycles. The first kappa shape index (κ1) is 18.1. The molecule has 2 aromatic rings. The summed E-state index contributed by atoms with van der Waals surface area (Å²) in [6, 6.07) is 5.80. The molecule has 27 heavy (non-hydrogen) atoms. The second-order valence-electron chi connectivity index (χ2n) is 6.54. The minimum atomic E-state index is -3.50. The van der Waals surface area contributed by atoms with E-state index in [9.17, 15) is 13.2 Å². The Hall–Kier alpha value is -2.30. The van der Waals surface area contributed by atoms with E-state index in [-0.39, 0.29) is 17.0 Å². The molecule has 2 saturated heterocycles. The number of carbonyl (C=O) groups excluding carboxylic acids is 1. The molecule has 0 unspecified atom stereocenters. The summed E-state index contributed by atoms with van der Waals surface area (Å²) in [5, 5.41) is 10.2. The molecule has 1 amide bonds. The van der Waals surface area contributed by atoms with Gasteiger partial charge in [-0.05, 0) is 49.9 Å². The number of ether oxygens (including phenoxy) is 1. The Balaban J connectivity index is 1.43. The number of hydrogen-bond acceptors (Lipinski definition) is 7. The van der Waals surface area contributed by atoms with E-state index in [4.69, 9.17) is 9.15 Å². The number of nitrogens with zero attached hydrogens (tertiary/aromatic N) is 3. The predicted molar refractivity (Wildman–Crippen MR) is 94.6 cm³/mol. The normalized spacial score (nSPS) is 20.8. The molecule has 2 aliphatic rings. The standard InChI is InChI=1S/C17H20N4O5S/c22-15(18-17-20-19-16(26-17)14-4-3-11-25-14)12-5-7-13(8-6-12)27(23,24)21-9-1-2-10-21/h5-8,14H,1-4,9-11H2,(H,18,20,22)/t14-/m1/s1. The largest absolute Gasteiger partial charge is 0.405 e. The average molecular weight is 392 g/mol. The molecule has 1 aromatic heterocycles. The van der Waals surface area contributed by atoms with Gasteiger partial charge in [-0.2, -0.15) is 4.31 Å². The van der Waals surface area contributed by atoms with Crippen LogP contribution in [0.3, 0.4) is 0 Å². The van der Waals surface area contributed by atoms with Crippen LogP contribution >= 0.6 is 0 Å². The van der Waals surface area contributed by atoms with E-state index in [1.54, 1.807) is 0 Å². The summed E-state index contributed by atoms with van der Waals surface area (Å²) in [5.74, 6) is -0.113. The zero-order valence-corrected chi connectivity index (χ0v) is 15.4. The summed E-state index contributed by atoms with van der Waals surface area (Å²) < 4.78 is 37.4. The molecule has 4 rings (SSSR count). The van der Waals surface area contributed by atoms with Crippen LogP contribution in [0.4, 0.5) is 6.01 Å². The van der Waals surface area contributed by atoms with Gasteiger partial charge in [0.15, 0.2) is 0 Å². The highest BCUT2D eigenvalue weighted by molar-refractivity contribution is 7.89. The molecular formula is C17H20N4O5S. The van der Waals surface area contributed by atoms with Gasteiger partial charge in [0.05, 0.1) is 4.90 Å². The Kier molecular flexibility index (Phi) is 4.94.